The Morgan fingerprint density at radius 2 is 2.06 bits per heavy atom. The molecule has 3 heterocycles. The van der Waals surface area contributed by atoms with Gasteiger partial charge in [0.25, 0.3) is 0 Å². The number of carbonyl (C=O) groups excluding carboxylic acids is 4. The molecule has 33 heavy (non-hydrogen) atoms. The van der Waals surface area contributed by atoms with E-state index in [0.29, 0.717) is 48.2 Å². The molecule has 11 heteroatoms. The van der Waals surface area contributed by atoms with Gasteiger partial charge in [0, 0.05) is 38.0 Å². The molecular weight excluding hydrogens is 473 g/mol. The van der Waals surface area contributed by atoms with E-state index in [9.17, 15) is 19.2 Å². The van der Waals surface area contributed by atoms with Crippen LogP contribution in [0.3, 0.4) is 0 Å². The second-order valence-electron chi connectivity index (χ2n) is 8.19. The van der Waals surface area contributed by atoms with E-state index >= 15 is 0 Å². The lowest BCUT2D eigenvalue weighted by Crippen LogP contribution is -2.55. The molecule has 1 aromatic carbocycles. The summed E-state index contributed by atoms with van der Waals surface area (Å²) in [5.74, 6) is -2.13. The molecule has 3 aliphatic rings. The second-order valence-corrected chi connectivity index (χ2v) is 9.00. The predicted octanol–water partition coefficient (Wildman–Crippen LogP) is 1.17. The number of fused-ring (bicyclic) bond motifs is 1. The number of aldehydes is 1. The summed E-state index contributed by atoms with van der Waals surface area (Å²) < 4.78 is 5.41. The summed E-state index contributed by atoms with van der Waals surface area (Å²) in [6.07, 6.45) is 1.61. The molecule has 0 amide bonds. The molecule has 9 nitrogen and oxygen atoms in total. The molecule has 3 unspecified atom stereocenters. The number of nitrogens with one attached hydrogen (secondary N) is 1. The number of hydroxylamine groups is 2. The standard InChI is InChI=1S/C22H23Cl2N3O6/c23-16-2-1-13(7-17(16)24)8-18(29)21(26-5-3-14(11-26)12-28)15-9-20(30)32-19-10-25-4-6-27(19)33-22(15)31/h1-2,7,9,12,14,19,21,25H,3-6,8,10-11H2/b15-9+. The highest BCUT2D eigenvalue weighted by Gasteiger charge is 2.41. The normalized spacial score (nSPS) is 26.8. The summed E-state index contributed by atoms with van der Waals surface area (Å²) in [6, 6.07) is 3.77. The molecule has 0 aromatic heterocycles. The molecule has 0 bridgehead atoms. The molecule has 0 radical (unpaired) electrons. The number of piperazine rings is 1. The molecule has 2 saturated heterocycles. The first-order chi connectivity index (χ1) is 15.9. The van der Waals surface area contributed by atoms with Crippen molar-refractivity contribution in [3.05, 3.63) is 45.5 Å². The Morgan fingerprint density at radius 1 is 1.24 bits per heavy atom. The number of likely N-dealkylation sites (tertiary alicyclic amines) is 1. The van der Waals surface area contributed by atoms with Gasteiger partial charge in [-0.05, 0) is 30.7 Å². The van der Waals surface area contributed by atoms with Gasteiger partial charge in [-0.15, -0.1) is 0 Å². The van der Waals surface area contributed by atoms with Crippen molar-refractivity contribution in [2.45, 2.75) is 25.1 Å². The number of hydrogen-bond donors (Lipinski definition) is 1. The first-order valence-electron chi connectivity index (χ1n) is 10.6. The number of nitrogens with zero attached hydrogens (tertiary/aromatic N) is 2. The van der Waals surface area contributed by atoms with Gasteiger partial charge in [-0.1, -0.05) is 34.3 Å². The van der Waals surface area contributed by atoms with Crippen LogP contribution in [0.1, 0.15) is 12.0 Å². The monoisotopic (exact) mass is 495 g/mol. The van der Waals surface area contributed by atoms with Crippen molar-refractivity contribution in [3.8, 4) is 0 Å². The van der Waals surface area contributed by atoms with Crippen LogP contribution in [0.2, 0.25) is 10.0 Å². The summed E-state index contributed by atoms with van der Waals surface area (Å²) in [5, 5.41) is 5.04. The van der Waals surface area contributed by atoms with Crippen LogP contribution < -0.4 is 5.32 Å². The number of ketones is 1. The Balaban J connectivity index is 1.65. The molecule has 2 fully saturated rings. The summed E-state index contributed by atoms with van der Waals surface area (Å²) in [5.41, 5.74) is 0.490. The lowest BCUT2D eigenvalue weighted by molar-refractivity contribution is -0.244. The minimum Gasteiger partial charge on any atom is -0.439 e. The topological polar surface area (TPSA) is 105 Å². The smallest absolute Gasteiger partial charge is 0.355 e. The summed E-state index contributed by atoms with van der Waals surface area (Å²) in [4.78, 5) is 57.8. The van der Waals surface area contributed by atoms with Crippen molar-refractivity contribution in [1.29, 1.82) is 0 Å². The van der Waals surface area contributed by atoms with E-state index < -0.39 is 24.2 Å². The fourth-order valence-electron chi connectivity index (χ4n) is 4.25. The lowest BCUT2D eigenvalue weighted by atomic mass is 9.95. The zero-order valence-corrected chi connectivity index (χ0v) is 19.2. The van der Waals surface area contributed by atoms with Crippen LogP contribution >= 0.6 is 23.2 Å². The van der Waals surface area contributed by atoms with Crippen molar-refractivity contribution in [2.24, 2.45) is 5.92 Å². The van der Waals surface area contributed by atoms with Crippen LogP contribution in [0.15, 0.2) is 29.8 Å². The quantitative estimate of drug-likeness (QED) is 0.459. The van der Waals surface area contributed by atoms with E-state index in [-0.39, 0.29) is 30.2 Å². The Morgan fingerprint density at radius 3 is 2.79 bits per heavy atom. The highest BCUT2D eigenvalue weighted by atomic mass is 35.5. The Bertz CT molecular complexity index is 1000. The maximum absolute atomic E-state index is 13.5. The average molecular weight is 496 g/mol. The van der Waals surface area contributed by atoms with Gasteiger partial charge >= 0.3 is 11.9 Å². The summed E-state index contributed by atoms with van der Waals surface area (Å²) >= 11 is 12.1. The number of hydrogen-bond acceptors (Lipinski definition) is 9. The van der Waals surface area contributed by atoms with Crippen molar-refractivity contribution in [3.63, 3.8) is 0 Å². The minimum atomic E-state index is -1.08. The fraction of sp³-hybridized carbons (Fsp3) is 0.455. The number of carbonyl (C=O) groups is 4. The van der Waals surface area contributed by atoms with Crippen molar-refractivity contribution in [2.75, 3.05) is 32.7 Å². The number of esters is 1. The average Bonchev–Trinajstić information content (AvgIpc) is 3.25. The number of benzene rings is 1. The van der Waals surface area contributed by atoms with E-state index in [1.807, 2.05) is 0 Å². The first-order valence-corrected chi connectivity index (χ1v) is 11.4. The Kier molecular flexibility index (Phi) is 7.45. The number of rotatable bonds is 6. The zero-order chi connectivity index (χ0) is 23.5. The molecule has 1 aromatic rings. The maximum atomic E-state index is 13.5. The molecule has 0 aliphatic carbocycles. The third-order valence-corrected chi connectivity index (χ3v) is 6.63. The van der Waals surface area contributed by atoms with Gasteiger partial charge < -0.3 is 19.7 Å². The lowest BCUT2D eigenvalue weighted by Gasteiger charge is -2.36. The highest BCUT2D eigenvalue weighted by molar-refractivity contribution is 6.42. The Hall–Kier alpha value is -2.30. The Labute approximate surface area is 200 Å². The number of Topliss-reactive ketones (excluding diaryl/α,β-unsaturated/α-hetero) is 1. The largest absolute Gasteiger partial charge is 0.439 e. The maximum Gasteiger partial charge on any atom is 0.355 e. The van der Waals surface area contributed by atoms with E-state index in [1.165, 1.54) is 5.06 Å². The zero-order valence-electron chi connectivity index (χ0n) is 17.7. The molecule has 0 saturated carbocycles. The molecular formula is C22H23Cl2N3O6. The molecule has 4 rings (SSSR count). The third kappa shape index (κ3) is 5.44. The number of ether oxygens (including phenoxy) is 1. The first kappa shape index (κ1) is 23.8. The van der Waals surface area contributed by atoms with Gasteiger partial charge in [0.15, 0.2) is 12.0 Å². The highest BCUT2D eigenvalue weighted by Crippen LogP contribution is 2.27. The second kappa shape index (κ2) is 10.3. The molecule has 3 atom stereocenters. The molecule has 1 N–H and O–H groups in total. The predicted molar refractivity (Wildman–Crippen MR) is 118 cm³/mol. The molecule has 176 valence electrons. The van der Waals surface area contributed by atoms with Crippen molar-refractivity contribution < 1.29 is 28.8 Å². The van der Waals surface area contributed by atoms with Gasteiger partial charge in [-0.3, -0.25) is 9.69 Å². The van der Waals surface area contributed by atoms with Crippen LogP contribution in [0.25, 0.3) is 0 Å². The van der Waals surface area contributed by atoms with Crippen LogP contribution in [0.4, 0.5) is 0 Å². The fourth-order valence-corrected chi connectivity index (χ4v) is 4.57. The van der Waals surface area contributed by atoms with Crippen molar-refractivity contribution >= 4 is 47.2 Å². The summed E-state index contributed by atoms with van der Waals surface area (Å²) in [6.45, 7) is 1.90. The van der Waals surface area contributed by atoms with Crippen LogP contribution in [0.5, 0.6) is 0 Å². The van der Waals surface area contributed by atoms with E-state index in [1.54, 1.807) is 23.1 Å². The minimum absolute atomic E-state index is 0.0558. The van der Waals surface area contributed by atoms with Crippen LogP contribution in [-0.2, 0) is 35.2 Å². The van der Waals surface area contributed by atoms with Gasteiger partial charge in [-0.25, -0.2) is 9.59 Å². The van der Waals surface area contributed by atoms with Gasteiger partial charge in [0.1, 0.15) is 12.3 Å². The van der Waals surface area contributed by atoms with Crippen LogP contribution in [-0.4, -0.2) is 79.0 Å². The third-order valence-electron chi connectivity index (χ3n) is 5.89. The summed E-state index contributed by atoms with van der Waals surface area (Å²) in [7, 11) is 0. The van der Waals surface area contributed by atoms with E-state index in [0.717, 1.165) is 12.4 Å². The van der Waals surface area contributed by atoms with Crippen molar-refractivity contribution in [1.82, 2.24) is 15.3 Å². The van der Waals surface area contributed by atoms with Gasteiger partial charge in [0.2, 0.25) is 0 Å². The molecule has 3 aliphatic heterocycles. The van der Waals surface area contributed by atoms with E-state index in [4.69, 9.17) is 32.8 Å². The van der Waals surface area contributed by atoms with Crippen LogP contribution in [0, 0.1) is 5.92 Å². The van der Waals surface area contributed by atoms with Gasteiger partial charge in [0.05, 0.1) is 22.2 Å². The van der Waals surface area contributed by atoms with E-state index in [2.05, 4.69) is 5.32 Å². The molecule has 0 spiro atoms. The number of halogens is 2. The van der Waals surface area contributed by atoms with Gasteiger partial charge in [-0.2, -0.15) is 0 Å². The SMILES string of the molecule is O=CC1CCN(C(C(=O)Cc2ccc(Cl)c(Cl)c2)/C2=C\C(=O)OC3CNCCN3OC2=O)C1.